The molecule has 136 valence electrons. The molecule has 0 aliphatic rings. The third kappa shape index (κ3) is 4.17. The Morgan fingerprint density at radius 3 is 2.50 bits per heavy atom. The number of benzene rings is 1. The molecule has 0 radical (unpaired) electrons. The molecule has 0 saturated carbocycles. The standard InChI is InChI=1S/C19H21N3O2S2/c1-13-4-5-18(14(2)12-13)26(23,24)21-11-8-17-15(3)22-19(25-17)16-6-9-20-10-7-16/h4-7,9-10,12,21H,8,11H2,1-3H3. The van der Waals surface area contributed by atoms with E-state index < -0.39 is 10.0 Å². The van der Waals surface area contributed by atoms with E-state index in [0.717, 1.165) is 32.3 Å². The first kappa shape index (κ1) is 18.7. The Labute approximate surface area is 158 Å². The second-order valence-corrected chi connectivity index (χ2v) is 9.00. The zero-order valence-electron chi connectivity index (χ0n) is 15.0. The molecule has 1 aromatic carbocycles. The summed E-state index contributed by atoms with van der Waals surface area (Å²) in [5.41, 5.74) is 3.76. The lowest BCUT2D eigenvalue weighted by molar-refractivity contribution is 0.581. The highest BCUT2D eigenvalue weighted by Crippen LogP contribution is 2.27. The predicted molar refractivity (Wildman–Crippen MR) is 105 cm³/mol. The fraction of sp³-hybridized carbons (Fsp3) is 0.263. The summed E-state index contributed by atoms with van der Waals surface area (Å²) < 4.78 is 27.8. The summed E-state index contributed by atoms with van der Waals surface area (Å²) in [5.74, 6) is 0. The second-order valence-electron chi connectivity index (χ2n) is 6.18. The molecule has 3 aromatic rings. The van der Waals surface area contributed by atoms with Gasteiger partial charge in [0.1, 0.15) is 5.01 Å². The van der Waals surface area contributed by atoms with Crippen LogP contribution in [0.15, 0.2) is 47.6 Å². The monoisotopic (exact) mass is 387 g/mol. The van der Waals surface area contributed by atoms with Gasteiger partial charge in [0, 0.05) is 29.4 Å². The van der Waals surface area contributed by atoms with E-state index in [4.69, 9.17) is 0 Å². The number of hydrogen-bond acceptors (Lipinski definition) is 5. The zero-order chi connectivity index (χ0) is 18.7. The Kier molecular flexibility index (Phi) is 5.50. The number of aryl methyl sites for hydroxylation is 3. The fourth-order valence-electron chi connectivity index (χ4n) is 2.76. The molecule has 3 rings (SSSR count). The number of thiazole rings is 1. The average molecular weight is 388 g/mol. The normalized spacial score (nSPS) is 11.7. The van der Waals surface area contributed by atoms with E-state index in [1.165, 1.54) is 0 Å². The van der Waals surface area contributed by atoms with Crippen molar-refractivity contribution in [1.82, 2.24) is 14.7 Å². The van der Waals surface area contributed by atoms with Gasteiger partial charge in [0.2, 0.25) is 10.0 Å². The van der Waals surface area contributed by atoms with Crippen LogP contribution in [-0.4, -0.2) is 24.9 Å². The summed E-state index contributed by atoms with van der Waals surface area (Å²) in [6.45, 7) is 6.06. The summed E-state index contributed by atoms with van der Waals surface area (Å²) in [4.78, 5) is 10.0. The molecule has 0 saturated heterocycles. The largest absolute Gasteiger partial charge is 0.265 e. The highest BCUT2D eigenvalue weighted by atomic mass is 32.2. The number of sulfonamides is 1. The molecule has 2 aromatic heterocycles. The van der Waals surface area contributed by atoms with Crippen molar-refractivity contribution in [1.29, 1.82) is 0 Å². The van der Waals surface area contributed by atoms with E-state index in [1.54, 1.807) is 29.8 Å². The van der Waals surface area contributed by atoms with Crippen LogP contribution in [0, 0.1) is 20.8 Å². The molecular weight excluding hydrogens is 366 g/mol. The molecule has 0 spiro atoms. The fourth-order valence-corrected chi connectivity index (χ4v) is 5.08. The summed E-state index contributed by atoms with van der Waals surface area (Å²) in [6, 6.07) is 9.20. The lowest BCUT2D eigenvalue weighted by Crippen LogP contribution is -2.26. The van der Waals surface area contributed by atoms with E-state index in [1.807, 2.05) is 45.0 Å². The van der Waals surface area contributed by atoms with Crippen molar-refractivity contribution in [2.24, 2.45) is 0 Å². The Morgan fingerprint density at radius 1 is 1.08 bits per heavy atom. The number of aromatic nitrogens is 2. The van der Waals surface area contributed by atoms with Crippen LogP contribution in [0.25, 0.3) is 10.6 Å². The van der Waals surface area contributed by atoms with Crippen LogP contribution in [0.5, 0.6) is 0 Å². The van der Waals surface area contributed by atoms with Crippen LogP contribution in [0.4, 0.5) is 0 Å². The third-order valence-electron chi connectivity index (χ3n) is 4.08. The lowest BCUT2D eigenvalue weighted by Gasteiger charge is -2.09. The topological polar surface area (TPSA) is 72.0 Å². The van der Waals surface area contributed by atoms with Crippen molar-refractivity contribution in [2.75, 3.05) is 6.54 Å². The molecule has 26 heavy (non-hydrogen) atoms. The van der Waals surface area contributed by atoms with Crippen LogP contribution in [0.2, 0.25) is 0 Å². The van der Waals surface area contributed by atoms with Crippen molar-refractivity contribution >= 4 is 21.4 Å². The molecule has 7 heteroatoms. The second kappa shape index (κ2) is 7.65. The van der Waals surface area contributed by atoms with Crippen molar-refractivity contribution in [3.8, 4) is 10.6 Å². The molecule has 0 aliphatic heterocycles. The predicted octanol–water partition coefficient (Wildman–Crippen LogP) is 3.65. The van der Waals surface area contributed by atoms with Crippen molar-refractivity contribution in [3.05, 3.63) is 64.4 Å². The first-order valence-corrected chi connectivity index (χ1v) is 10.6. The third-order valence-corrected chi connectivity index (χ3v) is 6.97. The number of rotatable bonds is 6. The number of nitrogens with one attached hydrogen (secondary N) is 1. The molecule has 0 amide bonds. The summed E-state index contributed by atoms with van der Waals surface area (Å²) in [7, 11) is -3.51. The van der Waals surface area contributed by atoms with E-state index in [9.17, 15) is 8.42 Å². The van der Waals surface area contributed by atoms with E-state index >= 15 is 0 Å². The van der Waals surface area contributed by atoms with Crippen molar-refractivity contribution in [3.63, 3.8) is 0 Å². The van der Waals surface area contributed by atoms with Crippen LogP contribution in [0.1, 0.15) is 21.7 Å². The van der Waals surface area contributed by atoms with Gasteiger partial charge in [-0.3, -0.25) is 4.98 Å². The lowest BCUT2D eigenvalue weighted by atomic mass is 10.2. The maximum atomic E-state index is 12.5. The van der Waals surface area contributed by atoms with Crippen LogP contribution in [0.3, 0.4) is 0 Å². The number of hydrogen-bond donors (Lipinski definition) is 1. The zero-order valence-corrected chi connectivity index (χ0v) is 16.6. The highest BCUT2D eigenvalue weighted by Gasteiger charge is 2.17. The Bertz CT molecular complexity index is 1010. The van der Waals surface area contributed by atoms with Gasteiger partial charge in [0.05, 0.1) is 10.6 Å². The Morgan fingerprint density at radius 2 is 1.81 bits per heavy atom. The van der Waals surface area contributed by atoms with Crippen LogP contribution in [-0.2, 0) is 16.4 Å². The molecule has 0 fully saturated rings. The first-order valence-electron chi connectivity index (χ1n) is 8.30. The molecule has 5 nitrogen and oxygen atoms in total. The minimum Gasteiger partial charge on any atom is -0.265 e. The maximum Gasteiger partial charge on any atom is 0.240 e. The summed E-state index contributed by atoms with van der Waals surface area (Å²) in [5, 5.41) is 0.928. The molecule has 0 bridgehead atoms. The quantitative estimate of drug-likeness (QED) is 0.701. The maximum absolute atomic E-state index is 12.5. The van der Waals surface area contributed by atoms with Gasteiger partial charge in [0.15, 0.2) is 0 Å². The SMILES string of the molecule is Cc1ccc(S(=O)(=O)NCCc2sc(-c3ccncc3)nc2C)c(C)c1. The number of pyridine rings is 1. The smallest absolute Gasteiger partial charge is 0.240 e. The van der Waals surface area contributed by atoms with Gasteiger partial charge in [0.25, 0.3) is 0 Å². The van der Waals surface area contributed by atoms with Gasteiger partial charge in [-0.15, -0.1) is 11.3 Å². The minimum absolute atomic E-state index is 0.335. The first-order chi connectivity index (χ1) is 12.4. The Hall–Kier alpha value is -2.09. The van der Waals surface area contributed by atoms with Gasteiger partial charge >= 0.3 is 0 Å². The average Bonchev–Trinajstić information content (AvgIpc) is 2.96. The van der Waals surface area contributed by atoms with Crippen molar-refractivity contribution < 1.29 is 8.42 Å². The molecular formula is C19H21N3O2S2. The van der Waals surface area contributed by atoms with Crippen LogP contribution >= 0.6 is 11.3 Å². The van der Waals surface area contributed by atoms with Gasteiger partial charge in [-0.2, -0.15) is 0 Å². The van der Waals surface area contributed by atoms with Gasteiger partial charge in [-0.1, -0.05) is 17.7 Å². The highest BCUT2D eigenvalue weighted by molar-refractivity contribution is 7.89. The minimum atomic E-state index is -3.51. The summed E-state index contributed by atoms with van der Waals surface area (Å²) >= 11 is 1.59. The van der Waals surface area contributed by atoms with Gasteiger partial charge in [-0.05, 0) is 51.0 Å². The van der Waals surface area contributed by atoms with Crippen molar-refractivity contribution in [2.45, 2.75) is 32.1 Å². The Balaban J connectivity index is 1.69. The molecule has 1 N–H and O–H groups in total. The molecule has 0 unspecified atom stereocenters. The van der Waals surface area contributed by atoms with Gasteiger partial charge in [-0.25, -0.2) is 18.1 Å². The van der Waals surface area contributed by atoms with Gasteiger partial charge < -0.3 is 0 Å². The molecule has 2 heterocycles. The molecule has 0 atom stereocenters. The van der Waals surface area contributed by atoms with E-state index in [-0.39, 0.29) is 0 Å². The number of nitrogens with zero attached hydrogens (tertiary/aromatic N) is 2. The van der Waals surface area contributed by atoms with E-state index in [0.29, 0.717) is 17.9 Å². The van der Waals surface area contributed by atoms with E-state index in [2.05, 4.69) is 14.7 Å². The van der Waals surface area contributed by atoms with Crippen LogP contribution < -0.4 is 4.72 Å². The summed E-state index contributed by atoms with van der Waals surface area (Å²) in [6.07, 6.45) is 4.09. The molecule has 0 aliphatic carbocycles.